The van der Waals surface area contributed by atoms with Crippen LogP contribution in [0.25, 0.3) is 22.3 Å². The third-order valence-electron chi connectivity index (χ3n) is 5.13. The number of pyridine rings is 1. The van der Waals surface area contributed by atoms with Gasteiger partial charge in [0.1, 0.15) is 6.04 Å². The van der Waals surface area contributed by atoms with Gasteiger partial charge in [0.2, 0.25) is 0 Å². The van der Waals surface area contributed by atoms with Gasteiger partial charge in [0.05, 0.1) is 30.0 Å². The average molecular weight is 409 g/mol. The predicted molar refractivity (Wildman–Crippen MR) is 116 cm³/mol. The summed E-state index contributed by atoms with van der Waals surface area (Å²) >= 11 is 0. The Morgan fingerprint density at radius 2 is 1.83 bits per heavy atom. The summed E-state index contributed by atoms with van der Waals surface area (Å²) in [5, 5.41) is 7.92. The predicted octanol–water partition coefficient (Wildman–Crippen LogP) is 3.92. The normalized spacial score (nSPS) is 12.4. The molecule has 0 spiro atoms. The second-order valence-electron chi connectivity index (χ2n) is 8.01. The molecule has 1 atom stereocenters. The van der Waals surface area contributed by atoms with Crippen molar-refractivity contribution >= 4 is 22.9 Å². The van der Waals surface area contributed by atoms with E-state index in [1.54, 1.807) is 16.9 Å². The van der Waals surface area contributed by atoms with Gasteiger partial charge in [0, 0.05) is 11.6 Å². The molecule has 1 amide bonds. The molecule has 0 unspecified atom stereocenters. The first-order valence-corrected chi connectivity index (χ1v) is 10.1. The van der Waals surface area contributed by atoms with E-state index in [-0.39, 0.29) is 17.9 Å². The second-order valence-corrected chi connectivity index (χ2v) is 8.01. The molecule has 7 nitrogen and oxygen atoms in total. The topological polar surface area (TPSA) is 86.1 Å². The Morgan fingerprint density at radius 1 is 1.13 bits per heavy atom. The number of nitrogens with zero attached hydrogens (tertiary/aromatic N) is 3. The van der Waals surface area contributed by atoms with E-state index in [2.05, 4.69) is 10.4 Å². The number of ether oxygens (including phenoxy) is 1. The maximum Gasteiger partial charge on any atom is 0.328 e. The number of carbonyl (C=O) groups is 2. The number of benzene rings is 1. The molecule has 1 N–H and O–H groups in total. The van der Waals surface area contributed by atoms with Crippen molar-refractivity contribution in [1.82, 2.24) is 20.1 Å². The van der Waals surface area contributed by atoms with Gasteiger partial charge in [0.25, 0.3) is 5.91 Å². The largest absolute Gasteiger partial charge is 0.467 e. The highest BCUT2D eigenvalue weighted by atomic mass is 16.5. The van der Waals surface area contributed by atoms with Crippen molar-refractivity contribution in [3.63, 3.8) is 0 Å². The first kappa shape index (κ1) is 21.5. The van der Waals surface area contributed by atoms with Gasteiger partial charge in [-0.1, -0.05) is 38.1 Å². The summed E-state index contributed by atoms with van der Waals surface area (Å²) in [5.41, 5.74) is 3.75. The molecule has 0 aliphatic heterocycles. The number of methoxy groups -OCH3 is 1. The zero-order chi connectivity index (χ0) is 22.0. The van der Waals surface area contributed by atoms with E-state index in [0.29, 0.717) is 22.3 Å². The molecule has 7 heteroatoms. The van der Waals surface area contributed by atoms with Gasteiger partial charge in [0.15, 0.2) is 5.65 Å². The Hall–Kier alpha value is -3.22. The molecule has 2 heterocycles. The number of carbonyl (C=O) groups excluding carboxylic acids is 2. The van der Waals surface area contributed by atoms with E-state index >= 15 is 0 Å². The molecule has 3 aromatic rings. The van der Waals surface area contributed by atoms with Crippen LogP contribution < -0.4 is 5.32 Å². The van der Waals surface area contributed by atoms with Crippen molar-refractivity contribution in [3.05, 3.63) is 47.7 Å². The van der Waals surface area contributed by atoms with Crippen LogP contribution in [0.5, 0.6) is 0 Å². The van der Waals surface area contributed by atoms with Crippen molar-refractivity contribution in [2.45, 2.75) is 46.7 Å². The number of hydrogen-bond acceptors (Lipinski definition) is 5. The van der Waals surface area contributed by atoms with E-state index in [0.717, 1.165) is 11.1 Å². The third-order valence-corrected chi connectivity index (χ3v) is 5.13. The second kappa shape index (κ2) is 8.65. The highest BCUT2D eigenvalue weighted by Gasteiger charge is 2.27. The number of rotatable bonds is 6. The van der Waals surface area contributed by atoms with Gasteiger partial charge in [-0.2, -0.15) is 5.10 Å². The third kappa shape index (κ3) is 4.06. The Labute approximate surface area is 176 Å². The fourth-order valence-electron chi connectivity index (χ4n) is 3.43. The van der Waals surface area contributed by atoms with Crippen molar-refractivity contribution in [2.75, 3.05) is 7.11 Å². The summed E-state index contributed by atoms with van der Waals surface area (Å²) in [6, 6.07) is 9.00. The molecule has 3 rings (SSSR count). The number of aryl methyl sites for hydroxylation is 1. The number of hydrogen-bond donors (Lipinski definition) is 1. The lowest BCUT2D eigenvalue weighted by atomic mass is 10.0. The zero-order valence-corrected chi connectivity index (χ0v) is 18.3. The molecular formula is C23H28N4O3. The van der Waals surface area contributed by atoms with Crippen molar-refractivity contribution in [1.29, 1.82) is 0 Å². The van der Waals surface area contributed by atoms with Crippen LogP contribution in [0.4, 0.5) is 0 Å². The molecule has 0 aliphatic carbocycles. The molecule has 0 fully saturated rings. The fourth-order valence-corrected chi connectivity index (χ4v) is 3.43. The van der Waals surface area contributed by atoms with Crippen molar-refractivity contribution in [3.8, 4) is 11.3 Å². The minimum atomic E-state index is -0.743. The number of nitrogens with one attached hydrogen (secondary N) is 1. The lowest BCUT2D eigenvalue weighted by Gasteiger charge is -2.20. The lowest BCUT2D eigenvalue weighted by Crippen LogP contribution is -2.45. The molecule has 1 aromatic carbocycles. The quantitative estimate of drug-likeness (QED) is 0.625. The summed E-state index contributed by atoms with van der Waals surface area (Å²) in [6.45, 7) is 9.76. The Morgan fingerprint density at radius 3 is 2.43 bits per heavy atom. The molecule has 0 bridgehead atoms. The van der Waals surface area contributed by atoms with Crippen LogP contribution in [0, 0.1) is 12.8 Å². The molecular weight excluding hydrogens is 380 g/mol. The molecule has 0 aliphatic rings. The van der Waals surface area contributed by atoms with Crippen LogP contribution in [-0.4, -0.2) is 39.8 Å². The number of amides is 1. The highest BCUT2D eigenvalue weighted by Crippen LogP contribution is 2.28. The SMILES string of the molecule is COC(=O)[C@@H](NC(=O)c1cc(-c2ccccc2C)nc2c1cnn2C(C)C)C(C)C. The summed E-state index contributed by atoms with van der Waals surface area (Å²) in [6.07, 6.45) is 1.65. The number of aromatic nitrogens is 3. The first-order chi connectivity index (χ1) is 14.2. The van der Waals surface area contributed by atoms with E-state index in [4.69, 9.17) is 9.72 Å². The van der Waals surface area contributed by atoms with Gasteiger partial charge < -0.3 is 10.1 Å². The van der Waals surface area contributed by atoms with Crippen molar-refractivity contribution in [2.24, 2.45) is 5.92 Å². The van der Waals surface area contributed by atoms with Gasteiger partial charge in [-0.05, 0) is 38.3 Å². The van der Waals surface area contributed by atoms with Crippen LogP contribution >= 0.6 is 0 Å². The van der Waals surface area contributed by atoms with E-state index in [9.17, 15) is 9.59 Å². The van der Waals surface area contributed by atoms with Crippen LogP contribution in [0.2, 0.25) is 0 Å². The van der Waals surface area contributed by atoms with Crippen LogP contribution in [-0.2, 0) is 9.53 Å². The Bertz CT molecular complexity index is 1090. The Balaban J connectivity index is 2.16. The Kier molecular flexibility index (Phi) is 6.20. The number of esters is 1. The molecule has 0 saturated heterocycles. The molecule has 30 heavy (non-hydrogen) atoms. The average Bonchev–Trinajstić information content (AvgIpc) is 3.15. The molecule has 0 radical (unpaired) electrons. The maximum absolute atomic E-state index is 13.3. The summed E-state index contributed by atoms with van der Waals surface area (Å²) < 4.78 is 6.66. The fraction of sp³-hybridized carbons (Fsp3) is 0.391. The van der Waals surface area contributed by atoms with Crippen LogP contribution in [0.3, 0.4) is 0 Å². The summed E-state index contributed by atoms with van der Waals surface area (Å²) in [5.74, 6) is -0.946. The lowest BCUT2D eigenvalue weighted by molar-refractivity contribution is -0.144. The van der Waals surface area contributed by atoms with E-state index in [1.807, 2.05) is 58.9 Å². The van der Waals surface area contributed by atoms with Gasteiger partial charge in [-0.3, -0.25) is 4.79 Å². The smallest absolute Gasteiger partial charge is 0.328 e. The van der Waals surface area contributed by atoms with Gasteiger partial charge in [-0.15, -0.1) is 0 Å². The van der Waals surface area contributed by atoms with Crippen LogP contribution in [0.1, 0.15) is 49.7 Å². The molecule has 0 saturated carbocycles. The van der Waals surface area contributed by atoms with Gasteiger partial charge >= 0.3 is 5.97 Å². The standard InChI is InChI=1S/C23H28N4O3/c1-13(2)20(23(29)30-6)26-22(28)17-11-19(16-10-8-7-9-15(16)5)25-21-18(17)12-24-27(21)14(3)4/h7-14,20H,1-6H3,(H,26,28)/t20-/m0/s1. The minimum Gasteiger partial charge on any atom is -0.467 e. The maximum atomic E-state index is 13.3. The van der Waals surface area contributed by atoms with Crippen LogP contribution in [0.15, 0.2) is 36.5 Å². The van der Waals surface area contributed by atoms with Crippen molar-refractivity contribution < 1.29 is 14.3 Å². The summed E-state index contributed by atoms with van der Waals surface area (Å²) in [4.78, 5) is 30.2. The van der Waals surface area contributed by atoms with E-state index in [1.165, 1.54) is 7.11 Å². The monoisotopic (exact) mass is 408 g/mol. The zero-order valence-electron chi connectivity index (χ0n) is 18.3. The summed E-state index contributed by atoms with van der Waals surface area (Å²) in [7, 11) is 1.32. The first-order valence-electron chi connectivity index (χ1n) is 10.1. The van der Waals surface area contributed by atoms with E-state index < -0.39 is 12.0 Å². The molecule has 158 valence electrons. The highest BCUT2D eigenvalue weighted by molar-refractivity contribution is 6.07. The van der Waals surface area contributed by atoms with Gasteiger partial charge in [-0.25, -0.2) is 14.5 Å². The molecule has 2 aromatic heterocycles. The minimum absolute atomic E-state index is 0.0801. The number of fused-ring (bicyclic) bond motifs is 1.